The first-order valence-corrected chi connectivity index (χ1v) is 9.73. The Morgan fingerprint density at radius 3 is 2.89 bits per heavy atom. The van der Waals surface area contributed by atoms with Crippen LogP contribution in [0.2, 0.25) is 0 Å². The van der Waals surface area contributed by atoms with Gasteiger partial charge < -0.3 is 10.6 Å². The lowest BCUT2D eigenvalue weighted by molar-refractivity contribution is -0.119. The minimum absolute atomic E-state index is 0.0367. The Hall–Kier alpha value is -2.87. The summed E-state index contributed by atoms with van der Waals surface area (Å²) in [6.07, 6.45) is 2.62. The molecule has 0 radical (unpaired) electrons. The predicted molar refractivity (Wildman–Crippen MR) is 105 cm³/mol. The molecular weight excluding hydrogens is 360 g/mol. The van der Waals surface area contributed by atoms with E-state index >= 15 is 0 Å². The number of para-hydroxylation sites is 1. The van der Waals surface area contributed by atoms with Crippen molar-refractivity contribution in [2.24, 2.45) is 0 Å². The standard InChI is InChI=1S/C19H20N6OS/c1-13-10-14-6-2-3-8-16(14)25(13)17(26)11-24-18(20)22-19(23-24)27-12-15-7-4-5-9-21-15/h2-9,13H,10-12H2,1H3,(H2,20,22,23)/t13-/m0/s1. The molecule has 1 amide bonds. The van der Waals surface area contributed by atoms with Gasteiger partial charge in [0.1, 0.15) is 6.54 Å². The molecule has 2 N–H and O–H groups in total. The summed E-state index contributed by atoms with van der Waals surface area (Å²) in [7, 11) is 0. The summed E-state index contributed by atoms with van der Waals surface area (Å²) < 4.78 is 1.47. The second kappa shape index (κ2) is 7.40. The van der Waals surface area contributed by atoms with Crippen LogP contribution in [0.25, 0.3) is 0 Å². The molecule has 0 saturated heterocycles. The molecule has 0 unspecified atom stereocenters. The van der Waals surface area contributed by atoms with E-state index in [0.717, 1.165) is 17.8 Å². The summed E-state index contributed by atoms with van der Waals surface area (Å²) in [6, 6.07) is 13.9. The van der Waals surface area contributed by atoms with Crippen molar-refractivity contribution >= 4 is 29.3 Å². The minimum atomic E-state index is -0.0367. The zero-order chi connectivity index (χ0) is 18.8. The summed E-state index contributed by atoms with van der Waals surface area (Å²) in [5.41, 5.74) is 9.08. The topological polar surface area (TPSA) is 89.9 Å². The quantitative estimate of drug-likeness (QED) is 0.684. The predicted octanol–water partition coefficient (Wildman–Crippen LogP) is 2.53. The van der Waals surface area contributed by atoms with Crippen LogP contribution in [0.1, 0.15) is 18.2 Å². The molecule has 1 atom stereocenters. The summed E-state index contributed by atoms with van der Waals surface area (Å²) in [6.45, 7) is 2.12. The molecule has 1 aliphatic heterocycles. The van der Waals surface area contributed by atoms with Gasteiger partial charge in [-0.3, -0.25) is 9.78 Å². The molecule has 3 heterocycles. The molecule has 3 aromatic rings. The summed E-state index contributed by atoms with van der Waals surface area (Å²) in [5.74, 6) is 0.853. The number of hydrogen-bond donors (Lipinski definition) is 1. The zero-order valence-corrected chi connectivity index (χ0v) is 15.8. The molecule has 1 aromatic carbocycles. The van der Waals surface area contributed by atoms with Crippen LogP contribution < -0.4 is 10.6 Å². The maximum atomic E-state index is 12.9. The maximum Gasteiger partial charge on any atom is 0.249 e. The third-order valence-electron chi connectivity index (χ3n) is 4.52. The Morgan fingerprint density at radius 2 is 2.07 bits per heavy atom. The average Bonchev–Trinajstić information content (AvgIpc) is 3.19. The summed E-state index contributed by atoms with van der Waals surface area (Å²) in [4.78, 5) is 23.3. The number of rotatable bonds is 5. The molecule has 0 aliphatic carbocycles. The van der Waals surface area contributed by atoms with Crippen LogP contribution in [0.15, 0.2) is 53.8 Å². The van der Waals surface area contributed by atoms with Crippen LogP contribution in [0.3, 0.4) is 0 Å². The van der Waals surface area contributed by atoms with Crippen molar-refractivity contribution in [1.82, 2.24) is 19.7 Å². The molecule has 4 rings (SSSR count). The van der Waals surface area contributed by atoms with E-state index in [0.29, 0.717) is 10.9 Å². The number of anilines is 2. The van der Waals surface area contributed by atoms with Gasteiger partial charge in [0.05, 0.1) is 5.69 Å². The van der Waals surface area contributed by atoms with E-state index in [1.165, 1.54) is 22.0 Å². The van der Waals surface area contributed by atoms with Crippen molar-refractivity contribution in [3.8, 4) is 0 Å². The number of amides is 1. The second-order valence-electron chi connectivity index (χ2n) is 6.47. The van der Waals surface area contributed by atoms with E-state index in [2.05, 4.69) is 28.1 Å². The van der Waals surface area contributed by atoms with Crippen LogP contribution in [-0.2, 0) is 23.5 Å². The minimum Gasteiger partial charge on any atom is -0.368 e. The fraction of sp³-hybridized carbons (Fsp3) is 0.263. The molecule has 0 saturated carbocycles. The van der Waals surface area contributed by atoms with Crippen molar-refractivity contribution in [1.29, 1.82) is 0 Å². The zero-order valence-electron chi connectivity index (χ0n) is 14.9. The maximum absolute atomic E-state index is 12.9. The fourth-order valence-electron chi connectivity index (χ4n) is 3.28. The van der Waals surface area contributed by atoms with E-state index in [-0.39, 0.29) is 24.4 Å². The largest absolute Gasteiger partial charge is 0.368 e. The number of pyridine rings is 1. The number of aromatic nitrogens is 4. The number of nitrogens with zero attached hydrogens (tertiary/aromatic N) is 5. The highest BCUT2D eigenvalue weighted by atomic mass is 32.2. The van der Waals surface area contributed by atoms with Gasteiger partial charge in [0, 0.05) is 23.7 Å². The molecule has 8 heteroatoms. The highest BCUT2D eigenvalue weighted by Crippen LogP contribution is 2.32. The van der Waals surface area contributed by atoms with Crippen LogP contribution in [0.4, 0.5) is 11.6 Å². The lowest BCUT2D eigenvalue weighted by atomic mass is 10.1. The van der Waals surface area contributed by atoms with Crippen molar-refractivity contribution in [3.63, 3.8) is 0 Å². The second-order valence-corrected chi connectivity index (χ2v) is 7.41. The Labute approximate surface area is 161 Å². The first kappa shape index (κ1) is 17.5. The van der Waals surface area contributed by atoms with Gasteiger partial charge in [-0.1, -0.05) is 36.0 Å². The number of fused-ring (bicyclic) bond motifs is 1. The molecule has 138 valence electrons. The first-order valence-electron chi connectivity index (χ1n) is 8.75. The number of nitrogens with two attached hydrogens (primary N) is 1. The van der Waals surface area contributed by atoms with Crippen LogP contribution in [-0.4, -0.2) is 31.7 Å². The average molecular weight is 380 g/mol. The van der Waals surface area contributed by atoms with Gasteiger partial charge in [0.15, 0.2) is 0 Å². The van der Waals surface area contributed by atoms with Crippen LogP contribution in [0, 0.1) is 0 Å². The number of benzene rings is 1. The van der Waals surface area contributed by atoms with Gasteiger partial charge in [0.25, 0.3) is 0 Å². The third kappa shape index (κ3) is 3.66. The van der Waals surface area contributed by atoms with Crippen molar-refractivity contribution < 1.29 is 4.79 Å². The molecule has 0 spiro atoms. The van der Waals surface area contributed by atoms with Gasteiger partial charge in [-0.2, -0.15) is 4.98 Å². The Morgan fingerprint density at radius 1 is 1.26 bits per heavy atom. The first-order chi connectivity index (χ1) is 13.1. The summed E-state index contributed by atoms with van der Waals surface area (Å²) in [5, 5.41) is 4.93. The lowest BCUT2D eigenvalue weighted by Gasteiger charge is -2.22. The number of carbonyl (C=O) groups excluding carboxylic acids is 1. The van der Waals surface area contributed by atoms with E-state index < -0.39 is 0 Å². The Balaban J connectivity index is 1.45. The molecule has 1 aliphatic rings. The van der Waals surface area contributed by atoms with E-state index in [4.69, 9.17) is 5.73 Å². The van der Waals surface area contributed by atoms with E-state index in [9.17, 15) is 4.79 Å². The van der Waals surface area contributed by atoms with Crippen molar-refractivity contribution in [2.45, 2.75) is 36.8 Å². The van der Waals surface area contributed by atoms with Gasteiger partial charge in [-0.15, -0.1) is 5.10 Å². The molecule has 7 nitrogen and oxygen atoms in total. The molecule has 0 fully saturated rings. The molecule has 0 bridgehead atoms. The molecular formula is C19H20N6OS. The van der Waals surface area contributed by atoms with Gasteiger partial charge >= 0.3 is 0 Å². The highest BCUT2D eigenvalue weighted by Gasteiger charge is 2.31. The van der Waals surface area contributed by atoms with Gasteiger partial charge in [-0.25, -0.2) is 4.68 Å². The smallest absolute Gasteiger partial charge is 0.249 e. The highest BCUT2D eigenvalue weighted by molar-refractivity contribution is 7.98. The van der Waals surface area contributed by atoms with E-state index in [1.807, 2.05) is 41.3 Å². The number of carbonyl (C=O) groups is 1. The summed E-state index contributed by atoms with van der Waals surface area (Å²) >= 11 is 1.45. The van der Waals surface area contributed by atoms with Gasteiger partial charge in [-0.05, 0) is 37.1 Å². The lowest BCUT2D eigenvalue weighted by Crippen LogP contribution is -2.38. The van der Waals surface area contributed by atoms with Gasteiger partial charge in [0.2, 0.25) is 17.0 Å². The Bertz CT molecular complexity index is 958. The third-order valence-corrected chi connectivity index (χ3v) is 5.39. The number of thioether (sulfide) groups is 1. The number of hydrogen-bond acceptors (Lipinski definition) is 6. The van der Waals surface area contributed by atoms with Crippen molar-refractivity contribution in [3.05, 3.63) is 59.9 Å². The number of nitrogen functional groups attached to an aromatic ring is 1. The molecule has 27 heavy (non-hydrogen) atoms. The normalized spacial score (nSPS) is 15.7. The van der Waals surface area contributed by atoms with Crippen LogP contribution in [0.5, 0.6) is 0 Å². The monoisotopic (exact) mass is 380 g/mol. The SMILES string of the molecule is C[C@H]1Cc2ccccc2N1C(=O)Cn1nc(SCc2ccccn2)nc1N. The van der Waals surface area contributed by atoms with Crippen molar-refractivity contribution in [2.75, 3.05) is 10.6 Å². The van der Waals surface area contributed by atoms with Crippen LogP contribution >= 0.6 is 11.8 Å². The van der Waals surface area contributed by atoms with E-state index in [1.54, 1.807) is 6.20 Å². The fourth-order valence-corrected chi connectivity index (χ4v) is 4.04. The Kier molecular flexibility index (Phi) is 4.81. The molecule has 2 aromatic heterocycles.